The zero-order valence-corrected chi connectivity index (χ0v) is 14.4. The minimum Gasteiger partial charge on any atom is -0.494 e. The number of halogens is 2. The minimum atomic E-state index is -0.262. The number of benzene rings is 2. The summed E-state index contributed by atoms with van der Waals surface area (Å²) in [5.41, 5.74) is 4.37. The second-order valence-electron chi connectivity index (χ2n) is 5.20. The van der Waals surface area contributed by atoms with Crippen molar-refractivity contribution < 1.29 is 9.53 Å². The highest BCUT2D eigenvalue weighted by atomic mass is 35.5. The van der Waals surface area contributed by atoms with Gasteiger partial charge in [0, 0.05) is 11.3 Å². The summed E-state index contributed by atoms with van der Waals surface area (Å²) >= 11 is 12.2. The van der Waals surface area contributed by atoms with Gasteiger partial charge in [-0.3, -0.25) is 4.79 Å². The van der Waals surface area contributed by atoms with Gasteiger partial charge in [-0.1, -0.05) is 40.9 Å². The molecule has 0 aliphatic heterocycles. The summed E-state index contributed by atoms with van der Waals surface area (Å²) in [5, 5.41) is 3.52. The van der Waals surface area contributed by atoms with Gasteiger partial charge in [0.2, 0.25) is 0 Å². The SMILES string of the molecule is COc1c(Cl)cc(C(=O)Nc2c(C)cc(C)cc2C)cc1Cl. The molecule has 0 heterocycles. The van der Waals surface area contributed by atoms with Crippen molar-refractivity contribution in [3.05, 3.63) is 56.6 Å². The highest BCUT2D eigenvalue weighted by molar-refractivity contribution is 6.37. The molecule has 0 bridgehead atoms. The molecule has 1 N–H and O–H groups in total. The number of hydrogen-bond acceptors (Lipinski definition) is 2. The number of methoxy groups -OCH3 is 1. The lowest BCUT2D eigenvalue weighted by Gasteiger charge is -2.14. The Labute approximate surface area is 140 Å². The zero-order chi connectivity index (χ0) is 16.4. The van der Waals surface area contributed by atoms with E-state index in [9.17, 15) is 4.79 Å². The predicted octanol–water partition coefficient (Wildman–Crippen LogP) is 5.18. The molecule has 0 aliphatic rings. The van der Waals surface area contributed by atoms with Gasteiger partial charge in [0.15, 0.2) is 5.75 Å². The van der Waals surface area contributed by atoms with Crippen LogP contribution in [0.4, 0.5) is 5.69 Å². The molecule has 0 aliphatic carbocycles. The van der Waals surface area contributed by atoms with Crippen LogP contribution in [0.15, 0.2) is 24.3 Å². The molecule has 0 atom stereocenters. The van der Waals surface area contributed by atoms with E-state index in [2.05, 4.69) is 5.32 Å². The summed E-state index contributed by atoms with van der Waals surface area (Å²) in [5.74, 6) is 0.101. The number of ether oxygens (including phenoxy) is 1. The fraction of sp³-hybridized carbons (Fsp3) is 0.235. The molecule has 0 aromatic heterocycles. The fourth-order valence-corrected chi connectivity index (χ4v) is 3.09. The van der Waals surface area contributed by atoms with E-state index >= 15 is 0 Å². The molecular formula is C17H17Cl2NO2. The summed E-state index contributed by atoms with van der Waals surface area (Å²) in [6, 6.07) is 7.13. The molecule has 0 saturated carbocycles. The van der Waals surface area contributed by atoms with Crippen molar-refractivity contribution in [1.82, 2.24) is 0 Å². The zero-order valence-electron chi connectivity index (χ0n) is 12.9. The third-order valence-electron chi connectivity index (χ3n) is 3.38. The Hall–Kier alpha value is -1.71. The van der Waals surface area contributed by atoms with Crippen molar-refractivity contribution in [2.24, 2.45) is 0 Å². The monoisotopic (exact) mass is 337 g/mol. The minimum absolute atomic E-state index is 0.262. The van der Waals surface area contributed by atoms with E-state index in [0.717, 1.165) is 22.4 Å². The second kappa shape index (κ2) is 6.59. The van der Waals surface area contributed by atoms with Crippen LogP contribution < -0.4 is 10.1 Å². The Morgan fingerprint density at radius 1 is 1.00 bits per heavy atom. The van der Waals surface area contributed by atoms with Crippen LogP contribution in [0.5, 0.6) is 5.75 Å². The topological polar surface area (TPSA) is 38.3 Å². The van der Waals surface area contributed by atoms with Crippen molar-refractivity contribution in [1.29, 1.82) is 0 Å². The molecule has 0 radical (unpaired) electrons. The maximum Gasteiger partial charge on any atom is 0.255 e. The summed E-state index contributed by atoms with van der Waals surface area (Å²) in [6.45, 7) is 5.95. The van der Waals surface area contributed by atoms with E-state index in [1.165, 1.54) is 7.11 Å². The number of nitrogens with one attached hydrogen (secondary N) is 1. The first-order valence-electron chi connectivity index (χ1n) is 6.75. The van der Waals surface area contributed by atoms with Gasteiger partial charge >= 0.3 is 0 Å². The molecule has 2 aromatic carbocycles. The average molecular weight is 338 g/mol. The van der Waals surface area contributed by atoms with E-state index in [1.807, 2.05) is 32.9 Å². The van der Waals surface area contributed by atoms with E-state index in [0.29, 0.717) is 21.4 Å². The number of carbonyl (C=O) groups is 1. The first-order chi connectivity index (χ1) is 10.3. The van der Waals surface area contributed by atoms with E-state index in [4.69, 9.17) is 27.9 Å². The number of rotatable bonds is 3. The van der Waals surface area contributed by atoms with E-state index < -0.39 is 0 Å². The van der Waals surface area contributed by atoms with Crippen molar-refractivity contribution >= 4 is 34.8 Å². The molecule has 5 heteroatoms. The first kappa shape index (κ1) is 16.7. The lowest BCUT2D eigenvalue weighted by Crippen LogP contribution is -2.14. The van der Waals surface area contributed by atoms with Gasteiger partial charge in [0.05, 0.1) is 17.2 Å². The van der Waals surface area contributed by atoms with Gasteiger partial charge in [0.25, 0.3) is 5.91 Å². The Bertz CT molecular complexity index is 695. The Balaban J connectivity index is 2.34. The molecular weight excluding hydrogens is 321 g/mol. The highest BCUT2D eigenvalue weighted by Crippen LogP contribution is 2.34. The van der Waals surface area contributed by atoms with E-state index in [-0.39, 0.29) is 5.91 Å². The number of amides is 1. The van der Waals surface area contributed by atoms with Crippen molar-refractivity contribution in [2.45, 2.75) is 20.8 Å². The van der Waals surface area contributed by atoms with Crippen LogP contribution >= 0.6 is 23.2 Å². The Morgan fingerprint density at radius 3 is 1.95 bits per heavy atom. The van der Waals surface area contributed by atoms with Gasteiger partial charge in [-0.2, -0.15) is 0 Å². The maximum absolute atomic E-state index is 12.4. The van der Waals surface area contributed by atoms with Crippen molar-refractivity contribution in [2.75, 3.05) is 12.4 Å². The molecule has 116 valence electrons. The normalized spacial score (nSPS) is 10.5. The number of aryl methyl sites for hydroxylation is 3. The van der Waals surface area contributed by atoms with Gasteiger partial charge in [0.1, 0.15) is 0 Å². The van der Waals surface area contributed by atoms with Crippen molar-refractivity contribution in [3.63, 3.8) is 0 Å². The lowest BCUT2D eigenvalue weighted by atomic mass is 10.0. The van der Waals surface area contributed by atoms with Gasteiger partial charge < -0.3 is 10.1 Å². The standard InChI is InChI=1S/C17H17Cl2NO2/c1-9-5-10(2)15(11(3)6-9)20-17(21)12-7-13(18)16(22-4)14(19)8-12/h5-8H,1-4H3,(H,20,21). The molecule has 0 fully saturated rings. The van der Waals surface area contributed by atoms with Crippen LogP contribution in [-0.2, 0) is 0 Å². The Morgan fingerprint density at radius 2 is 1.50 bits per heavy atom. The Kier molecular flexibility index (Phi) is 4.99. The molecule has 0 unspecified atom stereocenters. The first-order valence-corrected chi connectivity index (χ1v) is 7.51. The maximum atomic E-state index is 12.4. The summed E-state index contributed by atoms with van der Waals surface area (Å²) in [4.78, 5) is 12.4. The molecule has 2 aromatic rings. The molecule has 0 spiro atoms. The van der Waals surface area contributed by atoms with Crippen LogP contribution in [0.2, 0.25) is 10.0 Å². The number of carbonyl (C=O) groups excluding carboxylic acids is 1. The van der Waals surface area contributed by atoms with Gasteiger partial charge in [-0.25, -0.2) is 0 Å². The third kappa shape index (κ3) is 3.37. The number of anilines is 1. The highest BCUT2D eigenvalue weighted by Gasteiger charge is 2.15. The third-order valence-corrected chi connectivity index (χ3v) is 3.94. The van der Waals surface area contributed by atoms with Crippen LogP contribution in [-0.4, -0.2) is 13.0 Å². The second-order valence-corrected chi connectivity index (χ2v) is 6.02. The molecule has 3 nitrogen and oxygen atoms in total. The van der Waals surface area contributed by atoms with Crippen LogP contribution in [0.25, 0.3) is 0 Å². The van der Waals surface area contributed by atoms with Crippen LogP contribution in [0, 0.1) is 20.8 Å². The quantitative estimate of drug-likeness (QED) is 0.837. The predicted molar refractivity (Wildman–Crippen MR) is 91.6 cm³/mol. The molecule has 2 rings (SSSR count). The summed E-state index contributed by atoms with van der Waals surface area (Å²) < 4.78 is 5.08. The lowest BCUT2D eigenvalue weighted by molar-refractivity contribution is 0.102. The summed E-state index contributed by atoms with van der Waals surface area (Å²) in [7, 11) is 1.48. The average Bonchev–Trinajstić information content (AvgIpc) is 2.42. The summed E-state index contributed by atoms with van der Waals surface area (Å²) in [6.07, 6.45) is 0. The van der Waals surface area contributed by atoms with Gasteiger partial charge in [-0.15, -0.1) is 0 Å². The van der Waals surface area contributed by atoms with Gasteiger partial charge in [-0.05, 0) is 44.0 Å². The molecule has 22 heavy (non-hydrogen) atoms. The molecule has 1 amide bonds. The fourth-order valence-electron chi connectivity index (χ4n) is 2.45. The number of hydrogen-bond donors (Lipinski definition) is 1. The molecule has 0 saturated heterocycles. The smallest absolute Gasteiger partial charge is 0.255 e. The van der Waals surface area contributed by atoms with Crippen LogP contribution in [0.1, 0.15) is 27.0 Å². The van der Waals surface area contributed by atoms with E-state index in [1.54, 1.807) is 12.1 Å². The van der Waals surface area contributed by atoms with Crippen LogP contribution in [0.3, 0.4) is 0 Å². The largest absolute Gasteiger partial charge is 0.494 e. The van der Waals surface area contributed by atoms with Crippen molar-refractivity contribution in [3.8, 4) is 5.75 Å².